The van der Waals surface area contributed by atoms with Crippen molar-refractivity contribution >= 4 is 11.9 Å². The van der Waals surface area contributed by atoms with Gasteiger partial charge in [-0.25, -0.2) is 0 Å². The van der Waals surface area contributed by atoms with Gasteiger partial charge in [-0.3, -0.25) is 9.59 Å². The lowest BCUT2D eigenvalue weighted by Crippen LogP contribution is -2.38. The number of aliphatic hydroxyl groups excluding tert-OH is 1. The maximum absolute atomic E-state index is 12.4. The Morgan fingerprint density at radius 3 is 2.73 bits per heavy atom. The molecule has 2 rings (SSSR count). The summed E-state index contributed by atoms with van der Waals surface area (Å²) in [6.07, 6.45) is 8.44. The van der Waals surface area contributed by atoms with Crippen molar-refractivity contribution in [3.8, 4) is 0 Å². The summed E-state index contributed by atoms with van der Waals surface area (Å²) in [5.74, 6) is -0.669. The van der Waals surface area contributed by atoms with Gasteiger partial charge >= 0.3 is 5.97 Å². The first kappa shape index (κ1) is 20.2. The van der Waals surface area contributed by atoms with E-state index >= 15 is 0 Å². The predicted octanol–water partition coefficient (Wildman–Crippen LogP) is 3.17. The summed E-state index contributed by atoms with van der Waals surface area (Å²) in [7, 11) is 0. The molecule has 1 aliphatic rings. The van der Waals surface area contributed by atoms with Gasteiger partial charge in [0.15, 0.2) is 0 Å². The molecule has 1 aromatic carbocycles. The molecule has 0 saturated carbocycles. The number of amides is 1. The van der Waals surface area contributed by atoms with E-state index in [0.29, 0.717) is 32.2 Å². The Labute approximate surface area is 155 Å². The molecule has 2 N–H and O–H groups in total. The molecular formula is C21H29NO4. The van der Waals surface area contributed by atoms with Gasteiger partial charge in [-0.2, -0.15) is 0 Å². The van der Waals surface area contributed by atoms with E-state index in [9.17, 15) is 14.7 Å². The Morgan fingerprint density at radius 2 is 2.00 bits per heavy atom. The van der Waals surface area contributed by atoms with Crippen LogP contribution in [0.15, 0.2) is 42.5 Å². The van der Waals surface area contributed by atoms with Crippen LogP contribution in [-0.4, -0.2) is 45.7 Å². The largest absolute Gasteiger partial charge is 0.481 e. The zero-order valence-corrected chi connectivity index (χ0v) is 15.2. The quantitative estimate of drug-likeness (QED) is 0.524. The molecule has 5 heteroatoms. The van der Waals surface area contributed by atoms with Crippen molar-refractivity contribution in [2.24, 2.45) is 0 Å². The van der Waals surface area contributed by atoms with Gasteiger partial charge in [-0.1, -0.05) is 48.9 Å². The average Bonchev–Trinajstić information content (AvgIpc) is 2.79. The molecule has 1 aliphatic heterocycles. The number of unbranched alkanes of at least 4 members (excludes halogenated alkanes) is 1. The molecule has 0 radical (unpaired) electrons. The Balaban J connectivity index is 1.93. The Bertz CT molecular complexity index is 599. The van der Waals surface area contributed by atoms with E-state index in [2.05, 4.69) is 0 Å². The molecule has 0 aliphatic carbocycles. The number of aliphatic carboxylic acids is 1. The zero-order valence-electron chi connectivity index (χ0n) is 15.2. The van der Waals surface area contributed by atoms with Crippen molar-refractivity contribution in [2.45, 2.75) is 63.5 Å². The van der Waals surface area contributed by atoms with Crippen LogP contribution >= 0.6 is 0 Å². The number of nitrogens with zero attached hydrogens (tertiary/aromatic N) is 1. The number of aliphatic hydroxyl groups is 1. The molecule has 2 atom stereocenters. The second-order valence-corrected chi connectivity index (χ2v) is 6.89. The topological polar surface area (TPSA) is 77.8 Å². The molecule has 0 spiro atoms. The second kappa shape index (κ2) is 10.8. The van der Waals surface area contributed by atoms with Crippen LogP contribution in [-0.2, 0) is 16.0 Å². The number of carbonyl (C=O) groups is 2. The first-order valence-corrected chi connectivity index (χ1v) is 9.48. The zero-order chi connectivity index (χ0) is 18.8. The van der Waals surface area contributed by atoms with E-state index in [1.165, 1.54) is 0 Å². The third kappa shape index (κ3) is 7.00. The summed E-state index contributed by atoms with van der Waals surface area (Å²) in [6.45, 7) is 0.579. The number of rotatable bonds is 9. The van der Waals surface area contributed by atoms with Crippen LogP contribution < -0.4 is 0 Å². The summed E-state index contributed by atoms with van der Waals surface area (Å²) < 4.78 is 0. The number of carbonyl (C=O) groups excluding carboxylic acids is 1. The predicted molar refractivity (Wildman–Crippen MR) is 101 cm³/mol. The lowest BCUT2D eigenvalue weighted by Gasteiger charge is -2.28. The highest BCUT2D eigenvalue weighted by Gasteiger charge is 2.24. The normalized spacial score (nSPS) is 19.5. The molecule has 1 fully saturated rings. The van der Waals surface area contributed by atoms with Crippen molar-refractivity contribution < 1.29 is 19.8 Å². The molecular weight excluding hydrogens is 330 g/mol. The lowest BCUT2D eigenvalue weighted by atomic mass is 10.0. The fourth-order valence-corrected chi connectivity index (χ4v) is 3.34. The summed E-state index contributed by atoms with van der Waals surface area (Å²) >= 11 is 0. The Morgan fingerprint density at radius 1 is 1.23 bits per heavy atom. The molecule has 1 saturated heterocycles. The van der Waals surface area contributed by atoms with Crippen molar-refractivity contribution in [3.63, 3.8) is 0 Å². The highest BCUT2D eigenvalue weighted by Crippen LogP contribution is 2.20. The molecule has 2 unspecified atom stereocenters. The Kier molecular flexibility index (Phi) is 8.35. The van der Waals surface area contributed by atoms with Gasteiger partial charge in [0.1, 0.15) is 0 Å². The van der Waals surface area contributed by atoms with Gasteiger partial charge in [-0.05, 0) is 31.2 Å². The van der Waals surface area contributed by atoms with E-state index in [4.69, 9.17) is 5.11 Å². The molecule has 142 valence electrons. The van der Waals surface area contributed by atoms with Gasteiger partial charge in [0.25, 0.3) is 0 Å². The molecule has 1 heterocycles. The number of carboxylic acids is 1. The smallest absolute Gasteiger partial charge is 0.303 e. The second-order valence-electron chi connectivity index (χ2n) is 6.89. The number of carboxylic acid groups (broad SMARTS) is 1. The number of benzene rings is 1. The summed E-state index contributed by atoms with van der Waals surface area (Å²) in [4.78, 5) is 24.9. The number of likely N-dealkylation sites (tertiary alicyclic amines) is 1. The highest BCUT2D eigenvalue weighted by molar-refractivity contribution is 5.77. The van der Waals surface area contributed by atoms with Crippen LogP contribution in [0, 0.1) is 0 Å². The van der Waals surface area contributed by atoms with Crippen LogP contribution in [0.1, 0.15) is 50.5 Å². The molecule has 1 amide bonds. The van der Waals surface area contributed by atoms with Crippen molar-refractivity contribution in [1.82, 2.24) is 4.90 Å². The average molecular weight is 359 g/mol. The first-order valence-electron chi connectivity index (χ1n) is 9.48. The number of hydrogen-bond donors (Lipinski definition) is 2. The minimum absolute atomic E-state index is 0.0137. The van der Waals surface area contributed by atoms with E-state index in [1.807, 2.05) is 41.3 Å². The maximum atomic E-state index is 12.4. The minimum Gasteiger partial charge on any atom is -0.481 e. The maximum Gasteiger partial charge on any atom is 0.303 e. The Hall–Kier alpha value is -2.14. The van der Waals surface area contributed by atoms with Crippen LogP contribution in [0.3, 0.4) is 0 Å². The summed E-state index contributed by atoms with van der Waals surface area (Å²) in [5, 5.41) is 19.0. The SMILES string of the molecule is O=C(O)CCCCN1C(=O)CCCCC1C=CC(O)Cc1ccccc1. The van der Waals surface area contributed by atoms with E-state index in [0.717, 1.165) is 24.8 Å². The van der Waals surface area contributed by atoms with Crippen LogP contribution in [0.25, 0.3) is 0 Å². The van der Waals surface area contributed by atoms with Gasteiger partial charge in [-0.15, -0.1) is 0 Å². The molecule has 0 aromatic heterocycles. The van der Waals surface area contributed by atoms with E-state index < -0.39 is 12.1 Å². The lowest BCUT2D eigenvalue weighted by molar-refractivity contribution is -0.137. The van der Waals surface area contributed by atoms with Crippen molar-refractivity contribution in [2.75, 3.05) is 6.54 Å². The van der Waals surface area contributed by atoms with E-state index in [-0.39, 0.29) is 18.4 Å². The summed E-state index contributed by atoms with van der Waals surface area (Å²) in [5.41, 5.74) is 1.08. The highest BCUT2D eigenvalue weighted by atomic mass is 16.4. The third-order valence-corrected chi connectivity index (χ3v) is 4.74. The van der Waals surface area contributed by atoms with Crippen molar-refractivity contribution in [3.05, 3.63) is 48.0 Å². The third-order valence-electron chi connectivity index (χ3n) is 4.74. The van der Waals surface area contributed by atoms with Crippen LogP contribution in [0.4, 0.5) is 0 Å². The molecule has 1 aromatic rings. The molecule has 26 heavy (non-hydrogen) atoms. The monoisotopic (exact) mass is 359 g/mol. The first-order chi connectivity index (χ1) is 12.6. The minimum atomic E-state index is -0.798. The molecule has 5 nitrogen and oxygen atoms in total. The van der Waals surface area contributed by atoms with E-state index in [1.54, 1.807) is 6.08 Å². The van der Waals surface area contributed by atoms with Gasteiger partial charge in [0.2, 0.25) is 5.91 Å². The van der Waals surface area contributed by atoms with Gasteiger partial charge in [0, 0.05) is 25.8 Å². The standard InChI is InChI=1S/C21H29NO4/c23-19(16-17-8-2-1-3-9-17)14-13-18-10-4-5-11-20(24)22(18)15-7-6-12-21(25)26/h1-3,8-9,13-14,18-19,23H,4-7,10-12,15-16H2,(H,25,26). The molecule has 0 bridgehead atoms. The van der Waals surface area contributed by atoms with Gasteiger partial charge in [0.05, 0.1) is 12.1 Å². The number of hydrogen-bond acceptors (Lipinski definition) is 3. The van der Waals surface area contributed by atoms with Crippen LogP contribution in [0.5, 0.6) is 0 Å². The summed E-state index contributed by atoms with van der Waals surface area (Å²) in [6, 6.07) is 9.82. The van der Waals surface area contributed by atoms with Gasteiger partial charge < -0.3 is 15.1 Å². The fraction of sp³-hybridized carbons (Fsp3) is 0.524. The van der Waals surface area contributed by atoms with Crippen LogP contribution in [0.2, 0.25) is 0 Å². The fourth-order valence-electron chi connectivity index (χ4n) is 3.34. The van der Waals surface area contributed by atoms with Crippen molar-refractivity contribution in [1.29, 1.82) is 0 Å².